The highest BCUT2D eigenvalue weighted by Gasteiger charge is 2.46. The van der Waals surface area contributed by atoms with Gasteiger partial charge in [-0.25, -0.2) is 0 Å². The van der Waals surface area contributed by atoms with Gasteiger partial charge in [0.2, 0.25) is 0 Å². The van der Waals surface area contributed by atoms with Crippen molar-refractivity contribution in [2.24, 2.45) is 0 Å². The van der Waals surface area contributed by atoms with Gasteiger partial charge in [0.05, 0.1) is 74.7 Å². The Labute approximate surface area is 534 Å². The highest BCUT2D eigenvalue weighted by molar-refractivity contribution is 7.00. The molecule has 0 amide bonds. The van der Waals surface area contributed by atoms with Gasteiger partial charge < -0.3 is 28.1 Å². The fourth-order valence-electron chi connectivity index (χ4n) is 14.7. The molecule has 0 N–H and O–H groups in total. The molecule has 0 bridgehead atoms. The first-order valence-electron chi connectivity index (χ1n) is 36.9. The molecule has 6 heterocycles. The summed E-state index contributed by atoms with van der Waals surface area (Å²) in [5, 5.41) is 4.18. The zero-order chi connectivity index (χ0) is 71.0. The molecule has 19 rings (SSSR count). The van der Waals surface area contributed by atoms with Crippen LogP contribution in [0.25, 0.3) is 110 Å². The van der Waals surface area contributed by atoms with Crippen LogP contribution in [-0.2, 0) is 5.41 Å². The number of fused-ring (bicyclic) bond motifs is 16. The fraction of sp³-hybridized carbons (Fsp3) is 0.0488. The highest BCUT2D eigenvalue weighted by atomic mass is 15.2. The lowest BCUT2D eigenvalue weighted by Gasteiger charge is -2.45. The molecule has 6 nitrogen and oxygen atoms in total. The molecule has 13 aromatic carbocycles. The normalized spacial score (nSPS) is 15.2. The average Bonchev–Trinajstić information content (AvgIpc) is 1.39. The van der Waals surface area contributed by atoms with Crippen molar-refractivity contribution in [3.8, 4) is 22.7 Å². The summed E-state index contributed by atoms with van der Waals surface area (Å²) in [5.74, 6) is 0. The fourth-order valence-corrected chi connectivity index (χ4v) is 14.7. The van der Waals surface area contributed by atoms with E-state index in [4.69, 9.17) is 0 Å². The highest BCUT2D eigenvalue weighted by Crippen LogP contribution is 2.52. The number of hydrogen-bond donors (Lipinski definition) is 0. The van der Waals surface area contributed by atoms with E-state index in [9.17, 15) is 19.2 Å². The summed E-state index contributed by atoms with van der Waals surface area (Å²) in [7, 11) is 0. The Hall–Kier alpha value is -11.3. The molecule has 0 saturated carbocycles. The largest absolute Gasteiger partial charge is 0.309 e. The van der Waals surface area contributed by atoms with E-state index in [0.717, 1.165) is 71.5 Å². The van der Waals surface area contributed by atoms with Crippen molar-refractivity contribution in [3.05, 3.63) is 296 Å². The van der Waals surface area contributed by atoms with Crippen LogP contribution in [0.3, 0.4) is 0 Å². The summed E-state index contributed by atoms with van der Waals surface area (Å²) in [5.41, 5.74) is 11.1. The Balaban J connectivity index is 1.04. The van der Waals surface area contributed by atoms with E-state index < -0.39 is 72.6 Å². The summed E-state index contributed by atoms with van der Waals surface area (Å²) in [6.45, 7) is 5.53. The van der Waals surface area contributed by atoms with Crippen LogP contribution in [-0.4, -0.2) is 25.0 Å². The summed E-state index contributed by atoms with van der Waals surface area (Å²) in [6.07, 6.45) is 0. The van der Waals surface area contributed by atoms with Gasteiger partial charge in [0.25, 0.3) is 6.71 Å². The van der Waals surface area contributed by atoms with Crippen molar-refractivity contribution in [2.45, 2.75) is 26.2 Å². The molecule has 17 aromatic rings. The maximum absolute atomic E-state index is 10.7. The van der Waals surface area contributed by atoms with Crippen LogP contribution in [0.2, 0.25) is 0 Å². The Morgan fingerprint density at radius 2 is 0.663 bits per heavy atom. The maximum Gasteiger partial charge on any atom is 0.252 e. The number of benzene rings is 13. The molecule has 0 radical (unpaired) electrons. The van der Waals surface area contributed by atoms with E-state index in [1.165, 1.54) is 0 Å². The third kappa shape index (κ3) is 7.04. The summed E-state index contributed by atoms with van der Waals surface area (Å²) < 4.78 is 145. The summed E-state index contributed by atoms with van der Waals surface area (Å²) in [4.78, 5) is 3.96. The molecule has 0 atom stereocenters. The molecule has 2 aliphatic heterocycles. The van der Waals surface area contributed by atoms with Gasteiger partial charge in [-0.3, -0.25) is 0 Å². The van der Waals surface area contributed by atoms with Crippen LogP contribution in [0.4, 0.5) is 34.1 Å². The SMILES string of the molecule is [2H]c1c([2H])c([2H])c2c(c1[2H])c1c([2H])c([2H])c([2H])c(N3c4cc(-n5c6ccccc6c6ccccc65)ccc4B4c5ccc(-n6c7ccccc7c7ccccc76)cc5N(c5c([2H])c([2H])c([2H])c6c7c([2H])c([2H])c([2H])c([2H])c7n(-c7ccccc7)c56)c5cc(C(C)(C)C)cc3c54)c1n2-c1ccccc1. The van der Waals surface area contributed by atoms with Crippen molar-refractivity contribution < 1.29 is 19.2 Å². The number of para-hydroxylation sites is 10. The van der Waals surface area contributed by atoms with Crippen LogP contribution in [0.1, 0.15) is 45.5 Å². The van der Waals surface area contributed by atoms with Crippen molar-refractivity contribution in [2.75, 3.05) is 9.80 Å². The average molecular weight is 1150 g/mol. The van der Waals surface area contributed by atoms with Gasteiger partial charge in [-0.05, 0) is 136 Å². The van der Waals surface area contributed by atoms with E-state index in [-0.39, 0.29) is 79.2 Å². The lowest BCUT2D eigenvalue weighted by molar-refractivity contribution is 0.590. The molecule has 7 heteroatoms. The van der Waals surface area contributed by atoms with Crippen LogP contribution >= 0.6 is 0 Å². The molecule has 0 unspecified atom stereocenters. The first kappa shape index (κ1) is 38.0. The first-order chi connectivity index (χ1) is 49.7. The van der Waals surface area contributed by atoms with Crippen LogP contribution < -0.4 is 26.2 Å². The second-order valence-corrected chi connectivity index (χ2v) is 24.2. The van der Waals surface area contributed by atoms with E-state index in [1.54, 1.807) is 9.13 Å². The van der Waals surface area contributed by atoms with E-state index >= 15 is 0 Å². The number of hydrogen-bond acceptors (Lipinski definition) is 2. The topological polar surface area (TPSA) is 26.2 Å². The minimum Gasteiger partial charge on any atom is -0.309 e. The number of nitrogens with zero attached hydrogens (tertiary/aromatic N) is 6. The standard InChI is InChI=1S/C82H57BN6/c1-82(2,3)52-48-77-79-78(49-52)89(74-43-23-35-64-62-33-15-21-41-72(62)87(81(64)74)54-26-8-5-9-27-54)76-51-56(85-69-38-18-12-30-59(69)60-31-13-19-39-70(60)85)45-47-66(76)83(79)65-46-44-55(84-67-36-16-10-28-57(67)58-29-11-17-37-68(58)84)50-75(65)88(77)73-42-22-34-63-61-32-14-20-40-71(61)86(80(63)73)53-24-6-4-7-25-53/h4-51H,1-3H3/i14D,15D,20D,21D,22D,23D,32D,33D,34D,35D,40D,41D,42D,43D. The minimum atomic E-state index is -0.730. The number of aromatic nitrogens is 4. The van der Waals surface area contributed by atoms with Crippen molar-refractivity contribution in [1.82, 2.24) is 18.3 Å². The van der Waals surface area contributed by atoms with Gasteiger partial charge in [0.1, 0.15) is 0 Å². The second-order valence-electron chi connectivity index (χ2n) is 24.2. The Bertz CT molecular complexity index is 6200. The van der Waals surface area contributed by atoms with E-state index in [1.807, 2.05) is 119 Å². The van der Waals surface area contributed by atoms with Crippen LogP contribution in [0.15, 0.2) is 291 Å². The maximum atomic E-state index is 10.7. The smallest absolute Gasteiger partial charge is 0.252 e. The van der Waals surface area contributed by atoms with Gasteiger partial charge in [-0.1, -0.05) is 203 Å². The van der Waals surface area contributed by atoms with E-state index in [0.29, 0.717) is 39.6 Å². The molecule has 418 valence electrons. The summed E-state index contributed by atoms with van der Waals surface area (Å²) >= 11 is 0. The Morgan fingerprint density at radius 1 is 0.292 bits per heavy atom. The number of rotatable bonds is 6. The minimum absolute atomic E-state index is 0.00922. The first-order valence-corrected chi connectivity index (χ1v) is 29.9. The molecule has 0 saturated heterocycles. The molecular weight excluding hydrogens is 1080 g/mol. The molecular formula is C82H57BN6. The van der Waals surface area contributed by atoms with Crippen molar-refractivity contribution >= 4 is 144 Å². The van der Waals surface area contributed by atoms with Gasteiger partial charge in [-0.2, -0.15) is 0 Å². The van der Waals surface area contributed by atoms with Gasteiger partial charge in [0, 0.05) is 88.6 Å². The quantitative estimate of drug-likeness (QED) is 0.155. The zero-order valence-corrected chi connectivity index (χ0v) is 48.4. The molecule has 89 heavy (non-hydrogen) atoms. The molecule has 0 spiro atoms. The van der Waals surface area contributed by atoms with E-state index in [2.05, 4.69) is 127 Å². The monoisotopic (exact) mass is 1150 g/mol. The van der Waals surface area contributed by atoms with Crippen LogP contribution in [0.5, 0.6) is 0 Å². The summed E-state index contributed by atoms with van der Waals surface area (Å²) in [6, 6.07) is 61.7. The van der Waals surface area contributed by atoms with Crippen LogP contribution in [0, 0.1) is 0 Å². The predicted octanol–water partition coefficient (Wildman–Crippen LogP) is 19.5. The third-order valence-corrected chi connectivity index (χ3v) is 18.4. The van der Waals surface area contributed by atoms with Gasteiger partial charge >= 0.3 is 0 Å². The Kier molecular flexibility index (Phi) is 7.95. The van der Waals surface area contributed by atoms with Crippen molar-refractivity contribution in [1.29, 1.82) is 0 Å². The van der Waals surface area contributed by atoms with Gasteiger partial charge in [-0.15, -0.1) is 0 Å². The Morgan fingerprint density at radius 3 is 1.07 bits per heavy atom. The molecule has 4 aromatic heterocycles. The predicted molar refractivity (Wildman–Crippen MR) is 377 cm³/mol. The third-order valence-electron chi connectivity index (χ3n) is 18.4. The molecule has 0 aliphatic carbocycles. The molecule has 0 fully saturated rings. The zero-order valence-electron chi connectivity index (χ0n) is 62.4. The lowest BCUT2D eigenvalue weighted by atomic mass is 9.33. The number of anilines is 6. The van der Waals surface area contributed by atoms with Gasteiger partial charge in [0.15, 0.2) is 0 Å². The molecule has 2 aliphatic rings. The van der Waals surface area contributed by atoms with Crippen molar-refractivity contribution in [3.63, 3.8) is 0 Å². The lowest BCUT2D eigenvalue weighted by Crippen LogP contribution is -2.61. The second kappa shape index (κ2) is 18.6.